The highest BCUT2D eigenvalue weighted by Gasteiger charge is 2.19. The van der Waals surface area contributed by atoms with E-state index in [9.17, 15) is 14.0 Å². The van der Waals surface area contributed by atoms with E-state index in [0.29, 0.717) is 30.1 Å². The molecule has 2 aromatic heterocycles. The number of rotatable bonds is 5. The normalized spacial score (nSPS) is 11.2. The lowest BCUT2D eigenvalue weighted by molar-refractivity contribution is 0.414. The van der Waals surface area contributed by atoms with E-state index in [-0.39, 0.29) is 22.1 Å². The minimum atomic E-state index is -0.498. The van der Waals surface area contributed by atoms with E-state index >= 15 is 0 Å². The van der Waals surface area contributed by atoms with E-state index in [1.165, 1.54) is 23.8 Å². The van der Waals surface area contributed by atoms with Gasteiger partial charge in [-0.2, -0.15) is 4.98 Å². The number of halogens is 1. The molecule has 0 saturated carbocycles. The molecule has 5 aromatic rings. The zero-order chi connectivity index (χ0) is 22.9. The molecule has 0 bridgehead atoms. The van der Waals surface area contributed by atoms with Gasteiger partial charge >= 0.3 is 0 Å². The first-order valence-electron chi connectivity index (χ1n) is 10.4. The summed E-state index contributed by atoms with van der Waals surface area (Å²) in [6, 6.07) is 20.2. The lowest BCUT2D eigenvalue weighted by atomic mass is 10.1. The maximum atomic E-state index is 13.6. The van der Waals surface area contributed by atoms with Gasteiger partial charge in [-0.15, -0.1) is 0 Å². The van der Waals surface area contributed by atoms with Crippen molar-refractivity contribution in [1.82, 2.24) is 9.55 Å². The number of hydrogen-bond donors (Lipinski definition) is 0. The molecule has 0 fully saturated rings. The molecule has 0 saturated heterocycles. The Kier molecular flexibility index (Phi) is 5.22. The Hall–Kier alpha value is -4.26. The molecule has 2 heterocycles. The number of benzene rings is 3. The summed E-state index contributed by atoms with van der Waals surface area (Å²) in [6.07, 6.45) is 0.554. The van der Waals surface area contributed by atoms with Crippen LogP contribution in [0.25, 0.3) is 33.5 Å². The highest BCUT2D eigenvalue weighted by Crippen LogP contribution is 2.24. The molecule has 0 aliphatic heterocycles. The molecule has 0 N–H and O–H groups in total. The van der Waals surface area contributed by atoms with Crippen LogP contribution in [0.5, 0.6) is 5.75 Å². The van der Waals surface area contributed by atoms with Crippen molar-refractivity contribution in [3.8, 4) is 17.1 Å². The molecule has 0 radical (unpaired) electrons. The Morgan fingerprint density at radius 2 is 1.76 bits per heavy atom. The van der Waals surface area contributed by atoms with Gasteiger partial charge < -0.3 is 9.15 Å². The highest BCUT2D eigenvalue weighted by atomic mass is 19.1. The predicted molar refractivity (Wildman–Crippen MR) is 124 cm³/mol. The molecule has 0 atom stereocenters. The molecular weight excluding hydrogens is 423 g/mol. The van der Waals surface area contributed by atoms with Gasteiger partial charge in [-0.25, -0.2) is 4.39 Å². The molecule has 0 aliphatic rings. The first kappa shape index (κ1) is 20.6. The van der Waals surface area contributed by atoms with Gasteiger partial charge in [0.05, 0.1) is 12.5 Å². The van der Waals surface area contributed by atoms with E-state index in [1.54, 1.807) is 30.3 Å². The van der Waals surface area contributed by atoms with Gasteiger partial charge in [0.15, 0.2) is 5.39 Å². The topological polar surface area (TPSA) is 74.3 Å². The second-order valence-corrected chi connectivity index (χ2v) is 7.61. The lowest BCUT2D eigenvalue weighted by Crippen LogP contribution is -2.28. The minimum Gasteiger partial charge on any atom is -0.497 e. The third kappa shape index (κ3) is 3.78. The fourth-order valence-electron chi connectivity index (χ4n) is 3.86. The van der Waals surface area contributed by atoms with Crippen molar-refractivity contribution in [2.24, 2.45) is 0 Å². The molecule has 164 valence electrons. The lowest BCUT2D eigenvalue weighted by Gasteiger charge is -2.14. The second kappa shape index (κ2) is 8.35. The summed E-state index contributed by atoms with van der Waals surface area (Å²) >= 11 is 0. The fourth-order valence-corrected chi connectivity index (χ4v) is 3.86. The molecule has 33 heavy (non-hydrogen) atoms. The number of fused-ring (bicyclic) bond motifs is 2. The van der Waals surface area contributed by atoms with Crippen LogP contribution in [0, 0.1) is 5.82 Å². The Morgan fingerprint density at radius 1 is 1.00 bits per heavy atom. The maximum absolute atomic E-state index is 13.6. The first-order chi connectivity index (χ1) is 16.0. The fraction of sp³-hybridized carbons (Fsp3) is 0.115. The summed E-state index contributed by atoms with van der Waals surface area (Å²) in [5, 5.41) is 0.151. The summed E-state index contributed by atoms with van der Waals surface area (Å²) in [4.78, 5) is 31.3. The van der Waals surface area contributed by atoms with Crippen molar-refractivity contribution in [3.63, 3.8) is 0 Å². The van der Waals surface area contributed by atoms with E-state index in [2.05, 4.69) is 4.98 Å². The average molecular weight is 442 g/mol. The van der Waals surface area contributed by atoms with E-state index in [4.69, 9.17) is 9.15 Å². The van der Waals surface area contributed by atoms with Crippen molar-refractivity contribution in [1.29, 1.82) is 0 Å². The van der Waals surface area contributed by atoms with Gasteiger partial charge in [0.2, 0.25) is 11.1 Å². The smallest absolute Gasteiger partial charge is 0.269 e. The van der Waals surface area contributed by atoms with Crippen molar-refractivity contribution in [2.45, 2.75) is 13.0 Å². The number of hydrogen-bond acceptors (Lipinski definition) is 5. The van der Waals surface area contributed by atoms with Gasteiger partial charge in [0.1, 0.15) is 23.0 Å². The molecule has 0 spiro atoms. The maximum Gasteiger partial charge on any atom is 0.269 e. The van der Waals surface area contributed by atoms with Crippen LogP contribution in [-0.2, 0) is 13.0 Å². The van der Waals surface area contributed by atoms with Crippen LogP contribution in [-0.4, -0.2) is 16.7 Å². The number of methoxy groups -OCH3 is 1. The third-order valence-electron chi connectivity index (χ3n) is 5.57. The van der Waals surface area contributed by atoms with Crippen LogP contribution < -0.4 is 15.7 Å². The largest absolute Gasteiger partial charge is 0.497 e. The number of aryl methyl sites for hydroxylation is 1. The summed E-state index contributed by atoms with van der Waals surface area (Å²) in [7, 11) is 1.51. The van der Waals surface area contributed by atoms with Crippen molar-refractivity contribution < 1.29 is 13.5 Å². The average Bonchev–Trinajstić information content (AvgIpc) is 2.84. The second-order valence-electron chi connectivity index (χ2n) is 7.61. The zero-order valence-corrected chi connectivity index (χ0v) is 17.7. The molecule has 0 aliphatic carbocycles. The molecule has 6 nitrogen and oxygen atoms in total. The van der Waals surface area contributed by atoms with Crippen LogP contribution in [0.2, 0.25) is 0 Å². The quantitative estimate of drug-likeness (QED) is 0.373. The van der Waals surface area contributed by atoms with Crippen LogP contribution in [0.4, 0.5) is 4.39 Å². The predicted octanol–water partition coefficient (Wildman–Crippen LogP) is 4.56. The summed E-state index contributed by atoms with van der Waals surface area (Å²) < 4.78 is 26.1. The Bertz CT molecular complexity index is 1590. The van der Waals surface area contributed by atoms with E-state index < -0.39 is 16.8 Å². The summed E-state index contributed by atoms with van der Waals surface area (Å²) in [5.41, 5.74) is 0.822. The molecular formula is C26H19FN2O4. The zero-order valence-electron chi connectivity index (χ0n) is 17.7. The third-order valence-corrected chi connectivity index (χ3v) is 5.57. The Balaban J connectivity index is 1.77. The molecule has 0 unspecified atom stereocenters. The van der Waals surface area contributed by atoms with E-state index in [0.717, 1.165) is 5.56 Å². The number of aromatic nitrogens is 2. The Morgan fingerprint density at radius 3 is 2.48 bits per heavy atom. The van der Waals surface area contributed by atoms with Crippen LogP contribution in [0.15, 0.2) is 86.8 Å². The number of nitrogens with zero attached hydrogens (tertiary/aromatic N) is 2. The summed E-state index contributed by atoms with van der Waals surface area (Å²) in [6.45, 7) is 0.290. The standard InChI is InChI=1S/C26H19FN2O4/c1-32-19-11-12-20-21(15-19)33-25-22(23(20)30)26(31)29(14-13-16-5-3-2-4-6-16)24(28-25)17-7-9-18(27)10-8-17/h2-12,15H,13-14H2,1H3. The van der Waals surface area contributed by atoms with Gasteiger partial charge in [0, 0.05) is 18.2 Å². The van der Waals surface area contributed by atoms with Gasteiger partial charge in [-0.05, 0) is 48.4 Å². The van der Waals surface area contributed by atoms with E-state index in [1.807, 2.05) is 30.3 Å². The SMILES string of the molecule is COc1ccc2c(=O)c3c(=O)n(CCc4ccccc4)c(-c4ccc(F)cc4)nc3oc2c1. The van der Waals surface area contributed by atoms with Crippen LogP contribution in [0.1, 0.15) is 5.56 Å². The molecule has 5 rings (SSSR count). The van der Waals surface area contributed by atoms with Crippen LogP contribution in [0.3, 0.4) is 0 Å². The summed E-state index contributed by atoms with van der Waals surface area (Å²) in [5.74, 6) is 0.413. The number of ether oxygens (including phenoxy) is 1. The molecule has 0 amide bonds. The highest BCUT2D eigenvalue weighted by molar-refractivity contribution is 5.89. The van der Waals surface area contributed by atoms with Crippen molar-refractivity contribution in [3.05, 3.63) is 105 Å². The van der Waals surface area contributed by atoms with Crippen molar-refractivity contribution in [2.75, 3.05) is 7.11 Å². The van der Waals surface area contributed by atoms with Gasteiger partial charge in [-0.1, -0.05) is 30.3 Å². The molecule has 3 aromatic carbocycles. The van der Waals surface area contributed by atoms with Gasteiger partial charge in [-0.3, -0.25) is 14.2 Å². The van der Waals surface area contributed by atoms with Gasteiger partial charge in [0.25, 0.3) is 5.56 Å². The van der Waals surface area contributed by atoms with Crippen molar-refractivity contribution >= 4 is 22.1 Å². The minimum absolute atomic E-state index is 0.0685. The Labute approximate surface area is 187 Å². The van der Waals surface area contributed by atoms with Crippen LogP contribution >= 0.6 is 0 Å². The molecule has 7 heteroatoms. The first-order valence-corrected chi connectivity index (χ1v) is 10.4. The monoisotopic (exact) mass is 442 g/mol.